The summed E-state index contributed by atoms with van der Waals surface area (Å²) < 4.78 is 0. The Labute approximate surface area is 123 Å². The number of hydrogen-bond donors (Lipinski definition) is 1. The molecule has 112 valence electrons. The van der Waals surface area contributed by atoms with Crippen molar-refractivity contribution in [3.8, 4) is 0 Å². The Kier molecular flexibility index (Phi) is 5.03. The molecule has 0 aromatic carbocycles. The molecular formula is C17H29N3. The van der Waals surface area contributed by atoms with Gasteiger partial charge in [0.2, 0.25) is 0 Å². The van der Waals surface area contributed by atoms with Crippen molar-refractivity contribution >= 4 is 5.82 Å². The van der Waals surface area contributed by atoms with Crippen LogP contribution in [0.25, 0.3) is 0 Å². The fourth-order valence-electron chi connectivity index (χ4n) is 2.66. The number of aromatic nitrogens is 1. The maximum Gasteiger partial charge on any atom is 0.133 e. The highest BCUT2D eigenvalue weighted by molar-refractivity contribution is 5.51. The predicted octanol–water partition coefficient (Wildman–Crippen LogP) is 3.43. The van der Waals surface area contributed by atoms with Gasteiger partial charge >= 0.3 is 0 Å². The van der Waals surface area contributed by atoms with Crippen LogP contribution >= 0.6 is 0 Å². The number of hydrogen-bond acceptors (Lipinski definition) is 3. The van der Waals surface area contributed by atoms with Crippen LogP contribution in [0.3, 0.4) is 0 Å². The average molecular weight is 275 g/mol. The molecule has 1 fully saturated rings. The number of anilines is 1. The summed E-state index contributed by atoms with van der Waals surface area (Å²) in [7, 11) is 0. The van der Waals surface area contributed by atoms with E-state index in [9.17, 15) is 0 Å². The minimum absolute atomic E-state index is 0.654. The van der Waals surface area contributed by atoms with E-state index < -0.39 is 0 Å². The normalized spacial score (nSPS) is 14.9. The molecule has 1 heterocycles. The fraction of sp³-hybridized carbons (Fsp3) is 0.706. The number of rotatable bonds is 7. The Morgan fingerprint density at radius 3 is 2.60 bits per heavy atom. The molecule has 3 nitrogen and oxygen atoms in total. The molecule has 20 heavy (non-hydrogen) atoms. The maximum absolute atomic E-state index is 4.84. The van der Waals surface area contributed by atoms with E-state index in [1.165, 1.54) is 29.8 Å². The zero-order valence-electron chi connectivity index (χ0n) is 13.7. The molecule has 1 aromatic heterocycles. The number of nitrogens with zero attached hydrogens (tertiary/aromatic N) is 2. The fourth-order valence-corrected chi connectivity index (χ4v) is 2.66. The van der Waals surface area contributed by atoms with Crippen LogP contribution in [0.2, 0.25) is 0 Å². The van der Waals surface area contributed by atoms with Crippen molar-refractivity contribution in [2.24, 2.45) is 5.92 Å². The second kappa shape index (κ2) is 6.57. The lowest BCUT2D eigenvalue weighted by Crippen LogP contribution is -2.30. The molecule has 0 atom stereocenters. The minimum atomic E-state index is 0.654. The molecule has 0 radical (unpaired) electrons. The molecule has 1 aliphatic carbocycles. The largest absolute Gasteiger partial charge is 0.356 e. The molecule has 1 aliphatic rings. The predicted molar refractivity (Wildman–Crippen MR) is 86.3 cm³/mol. The Hall–Kier alpha value is -1.09. The second-order valence-electron chi connectivity index (χ2n) is 6.47. The summed E-state index contributed by atoms with van der Waals surface area (Å²) in [5.41, 5.74) is 3.86. The average Bonchev–Trinajstić information content (AvgIpc) is 3.18. The first-order valence-corrected chi connectivity index (χ1v) is 7.96. The van der Waals surface area contributed by atoms with Crippen LogP contribution in [-0.2, 0) is 6.54 Å². The van der Waals surface area contributed by atoms with Gasteiger partial charge in [0.05, 0.1) is 0 Å². The van der Waals surface area contributed by atoms with Crippen molar-refractivity contribution in [2.75, 3.05) is 18.0 Å². The van der Waals surface area contributed by atoms with Crippen LogP contribution in [0.4, 0.5) is 5.82 Å². The standard InChI is InChI=1S/C17H29N3/c1-6-20(11-12(2)3)17-16(10-18-15-7-8-15)13(4)9-14(5)19-17/h9,12,15,18H,6-8,10-11H2,1-5H3. The topological polar surface area (TPSA) is 28.2 Å². The van der Waals surface area contributed by atoms with Gasteiger partial charge in [0.25, 0.3) is 0 Å². The summed E-state index contributed by atoms with van der Waals surface area (Å²) in [5, 5.41) is 3.64. The molecule has 0 unspecified atom stereocenters. The van der Waals surface area contributed by atoms with Gasteiger partial charge in [0.15, 0.2) is 0 Å². The van der Waals surface area contributed by atoms with Crippen LogP contribution in [0.5, 0.6) is 0 Å². The molecule has 0 spiro atoms. The highest BCUT2D eigenvalue weighted by Gasteiger charge is 2.22. The molecule has 0 amide bonds. The summed E-state index contributed by atoms with van der Waals surface area (Å²) >= 11 is 0. The zero-order chi connectivity index (χ0) is 14.7. The van der Waals surface area contributed by atoms with E-state index in [0.29, 0.717) is 5.92 Å². The minimum Gasteiger partial charge on any atom is -0.356 e. The highest BCUT2D eigenvalue weighted by atomic mass is 15.2. The molecule has 0 aliphatic heterocycles. The number of pyridine rings is 1. The smallest absolute Gasteiger partial charge is 0.133 e. The Morgan fingerprint density at radius 2 is 2.05 bits per heavy atom. The van der Waals surface area contributed by atoms with Crippen LogP contribution < -0.4 is 10.2 Å². The highest BCUT2D eigenvalue weighted by Crippen LogP contribution is 2.25. The molecule has 0 saturated heterocycles. The lowest BCUT2D eigenvalue weighted by Gasteiger charge is -2.27. The quantitative estimate of drug-likeness (QED) is 0.826. The third kappa shape index (κ3) is 3.95. The van der Waals surface area contributed by atoms with Crippen LogP contribution in [0, 0.1) is 19.8 Å². The monoisotopic (exact) mass is 275 g/mol. The van der Waals surface area contributed by atoms with Gasteiger partial charge in [0.1, 0.15) is 5.82 Å². The first-order valence-electron chi connectivity index (χ1n) is 7.96. The molecular weight excluding hydrogens is 246 g/mol. The lowest BCUT2D eigenvalue weighted by atomic mass is 10.1. The van der Waals surface area contributed by atoms with E-state index in [-0.39, 0.29) is 0 Å². The summed E-state index contributed by atoms with van der Waals surface area (Å²) in [6, 6.07) is 2.94. The first-order chi connectivity index (χ1) is 9.51. The van der Waals surface area contributed by atoms with Crippen molar-refractivity contribution < 1.29 is 0 Å². The summed E-state index contributed by atoms with van der Waals surface area (Å²) in [6.45, 7) is 14.1. The Morgan fingerprint density at radius 1 is 1.35 bits per heavy atom. The SMILES string of the molecule is CCN(CC(C)C)c1nc(C)cc(C)c1CNC1CC1. The van der Waals surface area contributed by atoms with Gasteiger partial charge in [-0.3, -0.25) is 0 Å². The molecule has 1 saturated carbocycles. The van der Waals surface area contributed by atoms with E-state index in [4.69, 9.17) is 4.98 Å². The van der Waals surface area contributed by atoms with Crippen molar-refractivity contribution in [2.45, 2.75) is 60.0 Å². The van der Waals surface area contributed by atoms with Gasteiger partial charge < -0.3 is 10.2 Å². The van der Waals surface area contributed by atoms with E-state index >= 15 is 0 Å². The summed E-state index contributed by atoms with van der Waals surface area (Å²) in [5.74, 6) is 1.84. The van der Waals surface area contributed by atoms with Crippen LogP contribution in [-0.4, -0.2) is 24.1 Å². The van der Waals surface area contributed by atoms with Gasteiger partial charge in [-0.25, -0.2) is 4.98 Å². The van der Waals surface area contributed by atoms with Gasteiger partial charge in [-0.1, -0.05) is 13.8 Å². The Bertz CT molecular complexity index is 450. The molecule has 1 N–H and O–H groups in total. The third-order valence-corrected chi connectivity index (χ3v) is 3.87. The lowest BCUT2D eigenvalue weighted by molar-refractivity contribution is 0.607. The number of nitrogens with one attached hydrogen (secondary N) is 1. The van der Waals surface area contributed by atoms with E-state index in [0.717, 1.165) is 31.4 Å². The van der Waals surface area contributed by atoms with Gasteiger partial charge in [0, 0.05) is 36.9 Å². The third-order valence-electron chi connectivity index (χ3n) is 3.87. The maximum atomic E-state index is 4.84. The Balaban J connectivity index is 2.26. The zero-order valence-corrected chi connectivity index (χ0v) is 13.7. The van der Waals surface area contributed by atoms with Crippen molar-refractivity contribution in [1.82, 2.24) is 10.3 Å². The van der Waals surface area contributed by atoms with Crippen LogP contribution in [0.1, 0.15) is 50.4 Å². The molecule has 3 heteroatoms. The van der Waals surface area contributed by atoms with Crippen LogP contribution in [0.15, 0.2) is 6.07 Å². The first kappa shape index (κ1) is 15.3. The van der Waals surface area contributed by atoms with Gasteiger partial charge in [-0.2, -0.15) is 0 Å². The number of aryl methyl sites for hydroxylation is 2. The van der Waals surface area contributed by atoms with Crippen molar-refractivity contribution in [3.63, 3.8) is 0 Å². The molecule has 2 rings (SSSR count). The van der Waals surface area contributed by atoms with Gasteiger partial charge in [-0.15, -0.1) is 0 Å². The summed E-state index contributed by atoms with van der Waals surface area (Å²) in [4.78, 5) is 7.27. The van der Waals surface area contributed by atoms with Crippen molar-refractivity contribution in [3.05, 3.63) is 22.9 Å². The molecule has 0 bridgehead atoms. The van der Waals surface area contributed by atoms with E-state index in [1.807, 2.05) is 0 Å². The second-order valence-corrected chi connectivity index (χ2v) is 6.47. The van der Waals surface area contributed by atoms with Crippen molar-refractivity contribution in [1.29, 1.82) is 0 Å². The summed E-state index contributed by atoms with van der Waals surface area (Å²) in [6.07, 6.45) is 2.66. The van der Waals surface area contributed by atoms with E-state index in [2.05, 4.69) is 50.9 Å². The van der Waals surface area contributed by atoms with Gasteiger partial charge in [-0.05, 0) is 51.2 Å². The molecule has 1 aromatic rings. The van der Waals surface area contributed by atoms with E-state index in [1.54, 1.807) is 0 Å².